The van der Waals surface area contributed by atoms with Crippen LogP contribution in [0.3, 0.4) is 0 Å². The Morgan fingerprint density at radius 2 is 1.50 bits per heavy atom. The molecule has 0 aromatic rings. The van der Waals surface area contributed by atoms with Crippen LogP contribution in [0.15, 0.2) is 0 Å². The molecular weight excluding hydrogens is 132 g/mol. The molecule has 0 aliphatic rings. The highest BCUT2D eigenvalue weighted by molar-refractivity contribution is 4.64. The highest BCUT2D eigenvalue weighted by atomic mass is 16.5. The molecule has 4 nitrogen and oxygen atoms in total. The first-order chi connectivity index (χ1) is 4.72. The first-order valence-corrected chi connectivity index (χ1v) is 3.37. The van der Waals surface area contributed by atoms with Gasteiger partial charge in [-0.2, -0.15) is 0 Å². The average molecular weight is 148 g/mol. The molecule has 0 aliphatic heterocycles. The SMILES string of the molecule is CNCC(CNC)C(O)O. The van der Waals surface area contributed by atoms with Gasteiger partial charge in [-0.05, 0) is 14.1 Å². The zero-order chi connectivity index (χ0) is 7.98. The van der Waals surface area contributed by atoms with Crippen LogP contribution in [0.1, 0.15) is 0 Å². The van der Waals surface area contributed by atoms with Gasteiger partial charge in [0.15, 0.2) is 6.29 Å². The van der Waals surface area contributed by atoms with Gasteiger partial charge in [-0.3, -0.25) is 0 Å². The summed E-state index contributed by atoms with van der Waals surface area (Å²) in [4.78, 5) is 0. The van der Waals surface area contributed by atoms with E-state index in [2.05, 4.69) is 10.6 Å². The van der Waals surface area contributed by atoms with Gasteiger partial charge in [0, 0.05) is 19.0 Å². The van der Waals surface area contributed by atoms with Crippen molar-refractivity contribution in [3.63, 3.8) is 0 Å². The molecule has 0 aromatic carbocycles. The Hall–Kier alpha value is -0.160. The zero-order valence-corrected chi connectivity index (χ0v) is 6.46. The van der Waals surface area contributed by atoms with Gasteiger partial charge >= 0.3 is 0 Å². The summed E-state index contributed by atoms with van der Waals surface area (Å²) < 4.78 is 0. The lowest BCUT2D eigenvalue weighted by Gasteiger charge is -2.17. The van der Waals surface area contributed by atoms with Crippen molar-refractivity contribution in [1.82, 2.24) is 10.6 Å². The lowest BCUT2D eigenvalue weighted by atomic mass is 10.1. The van der Waals surface area contributed by atoms with E-state index in [1.54, 1.807) is 14.1 Å². The Balaban J connectivity index is 3.50. The fourth-order valence-corrected chi connectivity index (χ4v) is 0.807. The van der Waals surface area contributed by atoms with E-state index in [1.807, 2.05) is 0 Å². The van der Waals surface area contributed by atoms with E-state index in [0.29, 0.717) is 13.1 Å². The third kappa shape index (κ3) is 3.79. The zero-order valence-electron chi connectivity index (χ0n) is 6.46. The molecule has 0 saturated heterocycles. The minimum atomic E-state index is -1.24. The molecule has 0 heterocycles. The highest BCUT2D eigenvalue weighted by Crippen LogP contribution is 1.96. The summed E-state index contributed by atoms with van der Waals surface area (Å²) in [7, 11) is 3.57. The normalized spacial score (nSPS) is 11.4. The summed E-state index contributed by atoms with van der Waals surface area (Å²) in [6, 6.07) is 0. The van der Waals surface area contributed by atoms with Crippen LogP contribution in [-0.2, 0) is 0 Å². The van der Waals surface area contributed by atoms with Gasteiger partial charge < -0.3 is 20.8 Å². The summed E-state index contributed by atoms with van der Waals surface area (Å²) in [6.45, 7) is 1.22. The van der Waals surface area contributed by atoms with Crippen LogP contribution in [0.25, 0.3) is 0 Å². The molecule has 10 heavy (non-hydrogen) atoms. The van der Waals surface area contributed by atoms with Crippen LogP contribution in [-0.4, -0.2) is 43.7 Å². The molecule has 0 saturated carbocycles. The number of nitrogens with one attached hydrogen (secondary N) is 2. The van der Waals surface area contributed by atoms with Crippen molar-refractivity contribution in [2.75, 3.05) is 27.2 Å². The maximum Gasteiger partial charge on any atom is 0.156 e. The van der Waals surface area contributed by atoms with E-state index < -0.39 is 6.29 Å². The van der Waals surface area contributed by atoms with Crippen LogP contribution in [0.2, 0.25) is 0 Å². The summed E-state index contributed by atoms with van der Waals surface area (Å²) in [6.07, 6.45) is -1.24. The van der Waals surface area contributed by atoms with E-state index >= 15 is 0 Å². The third-order valence-corrected chi connectivity index (χ3v) is 1.35. The number of hydrogen-bond donors (Lipinski definition) is 4. The predicted octanol–water partition coefficient (Wildman–Crippen LogP) is -1.65. The van der Waals surface area contributed by atoms with Crippen LogP contribution in [0.4, 0.5) is 0 Å². The molecule has 4 heteroatoms. The van der Waals surface area contributed by atoms with E-state index in [0.717, 1.165) is 0 Å². The van der Waals surface area contributed by atoms with Gasteiger partial charge in [0.05, 0.1) is 0 Å². The second-order valence-corrected chi connectivity index (χ2v) is 2.29. The monoisotopic (exact) mass is 148 g/mol. The quantitative estimate of drug-likeness (QED) is 0.353. The van der Waals surface area contributed by atoms with Gasteiger partial charge in [0.1, 0.15) is 0 Å². The van der Waals surface area contributed by atoms with Gasteiger partial charge in [-0.1, -0.05) is 0 Å². The minimum Gasteiger partial charge on any atom is -0.368 e. The fourth-order valence-electron chi connectivity index (χ4n) is 0.807. The van der Waals surface area contributed by atoms with Crippen molar-refractivity contribution < 1.29 is 10.2 Å². The Bertz CT molecular complexity index is 72.1. The molecule has 0 spiro atoms. The second-order valence-electron chi connectivity index (χ2n) is 2.29. The Labute approximate surface area is 61.3 Å². The Kier molecular flexibility index (Phi) is 5.52. The minimum absolute atomic E-state index is 0.130. The second kappa shape index (κ2) is 5.61. The number of hydrogen-bond acceptors (Lipinski definition) is 4. The number of aliphatic hydroxyl groups is 2. The molecule has 0 amide bonds. The molecule has 0 aliphatic carbocycles. The number of rotatable bonds is 5. The number of aliphatic hydroxyl groups excluding tert-OH is 1. The predicted molar refractivity (Wildman–Crippen MR) is 39.6 cm³/mol. The summed E-state index contributed by atoms with van der Waals surface area (Å²) in [5.74, 6) is -0.130. The van der Waals surface area contributed by atoms with Crippen LogP contribution in [0.5, 0.6) is 0 Å². The summed E-state index contributed by atoms with van der Waals surface area (Å²) in [5, 5.41) is 23.2. The van der Waals surface area contributed by atoms with Gasteiger partial charge in [-0.15, -0.1) is 0 Å². The topological polar surface area (TPSA) is 64.5 Å². The molecule has 4 N–H and O–H groups in total. The largest absolute Gasteiger partial charge is 0.368 e. The maximum absolute atomic E-state index is 8.75. The van der Waals surface area contributed by atoms with Crippen molar-refractivity contribution >= 4 is 0 Å². The molecule has 0 unspecified atom stereocenters. The van der Waals surface area contributed by atoms with Crippen molar-refractivity contribution in [2.24, 2.45) is 5.92 Å². The lowest BCUT2D eigenvalue weighted by molar-refractivity contribution is -0.0812. The van der Waals surface area contributed by atoms with Gasteiger partial charge in [0.2, 0.25) is 0 Å². The molecule has 0 bridgehead atoms. The van der Waals surface area contributed by atoms with E-state index in [-0.39, 0.29) is 5.92 Å². The third-order valence-electron chi connectivity index (χ3n) is 1.35. The smallest absolute Gasteiger partial charge is 0.156 e. The van der Waals surface area contributed by atoms with Crippen molar-refractivity contribution in [3.05, 3.63) is 0 Å². The van der Waals surface area contributed by atoms with Crippen LogP contribution >= 0.6 is 0 Å². The Morgan fingerprint density at radius 1 is 1.10 bits per heavy atom. The average Bonchev–Trinajstić information content (AvgIpc) is 1.87. The maximum atomic E-state index is 8.75. The standard InChI is InChI=1S/C6H16N2O2/c1-7-3-5(4-8-2)6(9)10/h5-10H,3-4H2,1-2H3. The summed E-state index contributed by atoms with van der Waals surface area (Å²) >= 11 is 0. The van der Waals surface area contributed by atoms with Crippen LogP contribution in [0, 0.1) is 5.92 Å². The Morgan fingerprint density at radius 3 is 1.70 bits per heavy atom. The van der Waals surface area contributed by atoms with Crippen LogP contribution < -0.4 is 10.6 Å². The van der Waals surface area contributed by atoms with E-state index in [4.69, 9.17) is 10.2 Å². The highest BCUT2D eigenvalue weighted by Gasteiger charge is 2.13. The summed E-state index contributed by atoms with van der Waals surface area (Å²) in [5.41, 5.74) is 0. The molecule has 62 valence electrons. The first-order valence-electron chi connectivity index (χ1n) is 3.37. The molecule has 0 fully saturated rings. The molecule has 0 rings (SSSR count). The van der Waals surface area contributed by atoms with E-state index in [1.165, 1.54) is 0 Å². The molecule has 0 aromatic heterocycles. The van der Waals surface area contributed by atoms with Crippen molar-refractivity contribution in [2.45, 2.75) is 6.29 Å². The van der Waals surface area contributed by atoms with Crippen molar-refractivity contribution in [1.29, 1.82) is 0 Å². The molecule has 0 radical (unpaired) electrons. The lowest BCUT2D eigenvalue weighted by Crippen LogP contribution is -2.36. The first kappa shape index (κ1) is 9.84. The fraction of sp³-hybridized carbons (Fsp3) is 1.00. The van der Waals surface area contributed by atoms with Crippen molar-refractivity contribution in [3.8, 4) is 0 Å². The molecule has 0 atom stereocenters. The van der Waals surface area contributed by atoms with Gasteiger partial charge in [-0.25, -0.2) is 0 Å². The van der Waals surface area contributed by atoms with E-state index in [9.17, 15) is 0 Å². The van der Waals surface area contributed by atoms with Gasteiger partial charge in [0.25, 0.3) is 0 Å². The molecular formula is C6H16N2O2.